The second-order valence-electron chi connectivity index (χ2n) is 3.03. The van der Waals surface area contributed by atoms with Crippen LogP contribution in [0.2, 0.25) is 0 Å². The Morgan fingerprint density at radius 1 is 1.56 bits per heavy atom. The molecule has 9 heavy (non-hydrogen) atoms. The molecule has 0 spiro atoms. The Balaban J connectivity index is 1.92. The van der Waals surface area contributed by atoms with E-state index in [4.69, 9.17) is 0 Å². The fraction of sp³-hybridized carbons (Fsp3) is 1.00. The zero-order valence-electron chi connectivity index (χ0n) is 5.91. The van der Waals surface area contributed by atoms with E-state index in [9.17, 15) is 4.39 Å². The molecular formula is C7H14FN. The third kappa shape index (κ3) is 2.31. The summed E-state index contributed by atoms with van der Waals surface area (Å²) in [4.78, 5) is 0. The first-order valence-electron chi connectivity index (χ1n) is 3.58. The van der Waals surface area contributed by atoms with E-state index >= 15 is 0 Å². The van der Waals surface area contributed by atoms with E-state index in [0.717, 1.165) is 6.54 Å². The molecule has 1 saturated carbocycles. The van der Waals surface area contributed by atoms with E-state index in [2.05, 4.69) is 12.2 Å². The van der Waals surface area contributed by atoms with E-state index in [1.54, 1.807) is 0 Å². The van der Waals surface area contributed by atoms with Crippen molar-refractivity contribution in [2.45, 2.75) is 31.7 Å². The van der Waals surface area contributed by atoms with Gasteiger partial charge in [0.2, 0.25) is 0 Å². The van der Waals surface area contributed by atoms with Gasteiger partial charge in [-0.05, 0) is 32.7 Å². The molecule has 0 saturated heterocycles. The summed E-state index contributed by atoms with van der Waals surface area (Å²) in [6.45, 7) is 2.83. The lowest BCUT2D eigenvalue weighted by molar-refractivity contribution is 0.438. The molecule has 54 valence electrons. The van der Waals surface area contributed by atoms with E-state index in [1.807, 2.05) is 0 Å². The van der Waals surface area contributed by atoms with Crippen molar-refractivity contribution in [3.63, 3.8) is 0 Å². The number of rotatable bonds is 4. The second-order valence-corrected chi connectivity index (χ2v) is 3.03. The second kappa shape index (κ2) is 2.65. The quantitative estimate of drug-likeness (QED) is 0.570. The zero-order valence-corrected chi connectivity index (χ0v) is 5.91. The molecule has 0 aromatic heterocycles. The maximum atomic E-state index is 11.5. The van der Waals surface area contributed by atoms with Gasteiger partial charge in [0.1, 0.15) is 0 Å². The smallest absolute Gasteiger partial charge is 0.0906 e. The molecule has 1 rings (SSSR count). The topological polar surface area (TPSA) is 12.0 Å². The van der Waals surface area contributed by atoms with Crippen LogP contribution in [0.5, 0.6) is 0 Å². The lowest BCUT2D eigenvalue weighted by atomic mass is 10.3. The van der Waals surface area contributed by atoms with Crippen LogP contribution in [0.4, 0.5) is 4.39 Å². The molecule has 2 heteroatoms. The van der Waals surface area contributed by atoms with Gasteiger partial charge in [0.05, 0.1) is 6.67 Å². The highest BCUT2D eigenvalue weighted by Gasteiger charge is 2.35. The van der Waals surface area contributed by atoms with Gasteiger partial charge in [0.25, 0.3) is 0 Å². The van der Waals surface area contributed by atoms with Crippen molar-refractivity contribution in [3.05, 3.63) is 0 Å². The molecule has 0 heterocycles. The molecule has 1 N–H and O–H groups in total. The highest BCUT2D eigenvalue weighted by atomic mass is 19.1. The van der Waals surface area contributed by atoms with E-state index in [-0.39, 0.29) is 6.67 Å². The van der Waals surface area contributed by atoms with Crippen LogP contribution in [0.3, 0.4) is 0 Å². The molecule has 0 atom stereocenters. The third-order valence-corrected chi connectivity index (χ3v) is 1.86. The van der Waals surface area contributed by atoms with Gasteiger partial charge in [-0.15, -0.1) is 0 Å². The molecule has 0 amide bonds. The minimum Gasteiger partial charge on any atom is -0.311 e. The first kappa shape index (κ1) is 7.00. The third-order valence-electron chi connectivity index (χ3n) is 1.86. The van der Waals surface area contributed by atoms with Crippen molar-refractivity contribution in [1.29, 1.82) is 0 Å². The van der Waals surface area contributed by atoms with Gasteiger partial charge < -0.3 is 5.32 Å². The van der Waals surface area contributed by atoms with Crippen LogP contribution < -0.4 is 5.32 Å². The van der Waals surface area contributed by atoms with E-state index < -0.39 is 0 Å². The molecule has 1 fully saturated rings. The summed E-state index contributed by atoms with van der Waals surface area (Å²) in [5, 5.41) is 3.29. The molecule has 0 aromatic carbocycles. The Morgan fingerprint density at radius 2 is 2.22 bits per heavy atom. The average Bonchev–Trinajstić information content (AvgIpc) is 2.50. The summed E-state index contributed by atoms with van der Waals surface area (Å²) < 4.78 is 11.5. The van der Waals surface area contributed by atoms with Crippen molar-refractivity contribution < 1.29 is 4.39 Å². The van der Waals surface area contributed by atoms with Gasteiger partial charge in [-0.25, -0.2) is 0 Å². The van der Waals surface area contributed by atoms with Gasteiger partial charge >= 0.3 is 0 Å². The van der Waals surface area contributed by atoms with Crippen molar-refractivity contribution >= 4 is 0 Å². The molecular weight excluding hydrogens is 117 g/mol. The van der Waals surface area contributed by atoms with Crippen LogP contribution in [0.1, 0.15) is 26.2 Å². The SMILES string of the molecule is CC1(NCCCF)CC1. The van der Waals surface area contributed by atoms with Crippen LogP contribution in [-0.2, 0) is 0 Å². The lowest BCUT2D eigenvalue weighted by Gasteiger charge is -2.08. The average molecular weight is 131 g/mol. The Hall–Kier alpha value is -0.110. The van der Waals surface area contributed by atoms with Crippen LogP contribution in [-0.4, -0.2) is 18.8 Å². The highest BCUT2D eigenvalue weighted by Crippen LogP contribution is 2.33. The van der Waals surface area contributed by atoms with E-state index in [0.29, 0.717) is 12.0 Å². The molecule has 0 aromatic rings. The Bertz CT molecular complexity index is 88.9. The fourth-order valence-corrected chi connectivity index (χ4v) is 0.821. The summed E-state index contributed by atoms with van der Waals surface area (Å²) in [5.74, 6) is 0. The normalized spacial score (nSPS) is 22.0. The number of hydrogen-bond acceptors (Lipinski definition) is 1. The summed E-state index contributed by atoms with van der Waals surface area (Å²) in [6.07, 6.45) is 3.19. The highest BCUT2D eigenvalue weighted by molar-refractivity contribution is 4.96. The Morgan fingerprint density at radius 3 is 2.67 bits per heavy atom. The fourth-order valence-electron chi connectivity index (χ4n) is 0.821. The monoisotopic (exact) mass is 131 g/mol. The number of nitrogens with one attached hydrogen (secondary N) is 1. The van der Waals surface area contributed by atoms with Crippen molar-refractivity contribution in [2.75, 3.05) is 13.2 Å². The molecule has 0 aliphatic heterocycles. The molecule has 0 unspecified atom stereocenters. The van der Waals surface area contributed by atoms with Crippen molar-refractivity contribution in [3.8, 4) is 0 Å². The van der Waals surface area contributed by atoms with Crippen molar-refractivity contribution in [2.24, 2.45) is 0 Å². The van der Waals surface area contributed by atoms with Crippen LogP contribution in [0.15, 0.2) is 0 Å². The molecule has 1 aliphatic rings. The predicted octanol–water partition coefficient (Wildman–Crippen LogP) is 1.49. The summed E-state index contributed by atoms with van der Waals surface area (Å²) >= 11 is 0. The minimum absolute atomic E-state index is 0.191. The van der Waals surface area contributed by atoms with Gasteiger partial charge in [-0.1, -0.05) is 0 Å². The maximum absolute atomic E-state index is 11.5. The van der Waals surface area contributed by atoms with Crippen molar-refractivity contribution in [1.82, 2.24) is 5.32 Å². The standard InChI is InChI=1S/C7H14FN/c1-7(3-4-7)9-6-2-5-8/h9H,2-6H2,1H3. The van der Waals surface area contributed by atoms with Gasteiger partial charge in [0.15, 0.2) is 0 Å². The minimum atomic E-state index is -0.191. The summed E-state index contributed by atoms with van der Waals surface area (Å²) in [6, 6.07) is 0. The molecule has 1 nitrogen and oxygen atoms in total. The van der Waals surface area contributed by atoms with Gasteiger partial charge in [0, 0.05) is 5.54 Å². The molecule has 0 radical (unpaired) electrons. The predicted molar refractivity (Wildman–Crippen MR) is 36.2 cm³/mol. The number of halogens is 1. The van der Waals surface area contributed by atoms with Crippen LogP contribution in [0, 0.1) is 0 Å². The summed E-state index contributed by atoms with van der Waals surface area (Å²) in [5.41, 5.74) is 0.384. The Labute approximate surface area is 55.6 Å². The van der Waals surface area contributed by atoms with Crippen LogP contribution in [0.25, 0.3) is 0 Å². The van der Waals surface area contributed by atoms with Gasteiger partial charge in [-0.3, -0.25) is 4.39 Å². The zero-order chi connectivity index (χ0) is 6.74. The number of hydrogen-bond donors (Lipinski definition) is 1. The van der Waals surface area contributed by atoms with E-state index in [1.165, 1.54) is 12.8 Å². The first-order valence-corrected chi connectivity index (χ1v) is 3.58. The first-order chi connectivity index (χ1) is 4.27. The largest absolute Gasteiger partial charge is 0.311 e. The molecule has 1 aliphatic carbocycles. The lowest BCUT2D eigenvalue weighted by Crippen LogP contribution is -2.28. The number of alkyl halides is 1. The van der Waals surface area contributed by atoms with Crippen LogP contribution >= 0.6 is 0 Å². The summed E-state index contributed by atoms with van der Waals surface area (Å²) in [7, 11) is 0. The Kier molecular flexibility index (Phi) is 2.06. The van der Waals surface area contributed by atoms with Gasteiger partial charge in [-0.2, -0.15) is 0 Å². The molecule has 0 bridgehead atoms. The maximum Gasteiger partial charge on any atom is 0.0906 e.